The lowest BCUT2D eigenvalue weighted by atomic mass is 9.90. The molecule has 12 heteroatoms. The number of rotatable bonds is 30. The minimum Gasteiger partial charge on any atom is -0.493 e. The van der Waals surface area contributed by atoms with Crippen LogP contribution in [0.1, 0.15) is 149 Å². The molecule has 10 nitrogen and oxygen atoms in total. The van der Waals surface area contributed by atoms with Crippen LogP contribution < -0.4 is 50.8 Å². The zero-order valence-electron chi connectivity index (χ0n) is 52.0. The van der Waals surface area contributed by atoms with Crippen molar-refractivity contribution in [1.82, 2.24) is 0 Å². The molecule has 0 unspecified atom stereocenters. The van der Waals surface area contributed by atoms with Crippen molar-refractivity contribution in [2.45, 2.75) is 130 Å². The van der Waals surface area contributed by atoms with Crippen molar-refractivity contribution < 1.29 is 37.7 Å². The Balaban J connectivity index is 1.25. The fourth-order valence-corrected chi connectivity index (χ4v) is 16.7. The number of hydrogen-bond acceptors (Lipinski definition) is 8. The number of unbranched alkanes of at least 4 members (excludes halogenated alkanes) is 8. The standard InChI is InChI=1S/C76H88N2O8P2/c1-5-9-25-43-83-73-57-31-29-33-59(73)48-61-51-65(77-71(79)55-87(81,67-35-17-13-18-36-67)68-37-19-14-20-38-68)53-63(75(61)85-45-27-11-7-3)50-64-54-66(78-72(80)56-88(82,69-39-21-15-22-40-69)70-41-23-16-24-42-70)52-62(76(64)86-46-28-12-8-4)49-60-34-30-32-58(47-57)74(60)84-44-26-10-6-2/h13-24,29-42,51-54H,5-12,25-28,43-50,55-56H2,1-4H3,(H,77,79)(H,78,80). The molecule has 2 N–H and O–H groups in total. The number of anilines is 2. The molecule has 1 aliphatic carbocycles. The summed E-state index contributed by atoms with van der Waals surface area (Å²) in [5, 5.41) is 8.97. The number of benzene rings is 8. The molecule has 0 saturated heterocycles. The van der Waals surface area contributed by atoms with Gasteiger partial charge in [0.15, 0.2) is 14.3 Å². The quantitative estimate of drug-likeness (QED) is 0.0336. The molecule has 0 heterocycles. The first-order valence-electron chi connectivity index (χ1n) is 32.1. The second-order valence-corrected chi connectivity index (χ2v) is 28.9. The Morgan fingerprint density at radius 3 is 0.830 bits per heavy atom. The van der Waals surface area contributed by atoms with Crippen molar-refractivity contribution in [2.75, 3.05) is 49.4 Å². The summed E-state index contributed by atoms with van der Waals surface area (Å²) in [6, 6.07) is 58.0. The molecule has 2 amide bonds. The van der Waals surface area contributed by atoms with Crippen molar-refractivity contribution in [3.63, 3.8) is 0 Å². The minimum absolute atomic E-state index is 0.258. The van der Waals surface area contributed by atoms with Gasteiger partial charge in [0, 0.05) is 80.5 Å². The summed E-state index contributed by atoms with van der Waals surface area (Å²) >= 11 is 0. The van der Waals surface area contributed by atoms with E-state index in [2.05, 4.69) is 74.7 Å². The smallest absolute Gasteiger partial charge is 0.232 e. The average molecular weight is 1220 g/mol. The van der Waals surface area contributed by atoms with Crippen LogP contribution in [0.5, 0.6) is 23.0 Å². The Labute approximate surface area is 522 Å². The van der Waals surface area contributed by atoms with Gasteiger partial charge < -0.3 is 38.7 Å². The van der Waals surface area contributed by atoms with Gasteiger partial charge in [-0.3, -0.25) is 9.59 Å². The zero-order chi connectivity index (χ0) is 61.6. The van der Waals surface area contributed by atoms with E-state index in [9.17, 15) is 9.59 Å². The molecule has 0 aromatic heterocycles. The second-order valence-electron chi connectivity index (χ2n) is 23.2. The van der Waals surface area contributed by atoms with Crippen molar-refractivity contribution in [1.29, 1.82) is 0 Å². The maximum Gasteiger partial charge on any atom is 0.232 e. The van der Waals surface area contributed by atoms with Gasteiger partial charge in [-0.05, 0) is 72.2 Å². The molecule has 0 spiro atoms. The Bertz CT molecular complexity index is 3330. The summed E-state index contributed by atoms with van der Waals surface area (Å²) in [6.07, 6.45) is 12.7. The summed E-state index contributed by atoms with van der Waals surface area (Å²) in [5.74, 6) is 2.25. The lowest BCUT2D eigenvalue weighted by Gasteiger charge is -2.24. The molecular weight excluding hydrogens is 1130 g/mol. The Hall–Kier alpha value is -7.64. The zero-order valence-corrected chi connectivity index (χ0v) is 53.8. The highest BCUT2D eigenvalue weighted by molar-refractivity contribution is 7.79. The molecule has 0 saturated carbocycles. The third-order valence-corrected chi connectivity index (χ3v) is 22.3. The van der Waals surface area contributed by atoms with E-state index in [0.717, 1.165) is 133 Å². The summed E-state index contributed by atoms with van der Waals surface area (Å²) in [7, 11) is -6.95. The predicted octanol–water partition coefficient (Wildman–Crippen LogP) is 16.5. The van der Waals surface area contributed by atoms with Gasteiger partial charge in [0.1, 0.15) is 23.0 Å². The van der Waals surface area contributed by atoms with Crippen LogP contribution >= 0.6 is 14.3 Å². The lowest BCUT2D eigenvalue weighted by Crippen LogP contribution is -2.26. The Kier molecular flexibility index (Phi) is 24.0. The number of fused-ring (bicyclic) bond motifs is 8. The highest BCUT2D eigenvalue weighted by atomic mass is 31.2. The summed E-state index contributed by atoms with van der Waals surface area (Å²) in [6.45, 7) is 10.8. The second kappa shape index (κ2) is 32.5. The number of hydrogen-bond donors (Lipinski definition) is 2. The highest BCUT2D eigenvalue weighted by Gasteiger charge is 2.33. The summed E-state index contributed by atoms with van der Waals surface area (Å²) < 4.78 is 59.1. The van der Waals surface area contributed by atoms with Crippen LogP contribution in [0.2, 0.25) is 0 Å². The lowest BCUT2D eigenvalue weighted by molar-refractivity contribution is -0.114. The molecule has 0 radical (unpaired) electrons. The van der Waals surface area contributed by atoms with Gasteiger partial charge in [-0.25, -0.2) is 0 Å². The van der Waals surface area contributed by atoms with Crippen molar-refractivity contribution in [3.8, 4) is 23.0 Å². The molecule has 1 aliphatic rings. The summed E-state index contributed by atoms with van der Waals surface area (Å²) in [5.41, 5.74) is 8.33. The van der Waals surface area contributed by atoms with Gasteiger partial charge in [0.25, 0.3) is 0 Å². The molecule has 8 bridgehead atoms. The SMILES string of the molecule is CCCCCOc1c2cccc1Cc1cc(NC(=O)CP(=O)(c3ccccc3)c3ccccc3)cc(c1OCCCCC)Cc1cc(NC(=O)CP(=O)(c3ccccc3)c3ccccc3)cc(c1OCCCCC)Cc1cccc(c1OCCCCC)C2. The van der Waals surface area contributed by atoms with E-state index in [1.807, 2.05) is 146 Å². The topological polar surface area (TPSA) is 129 Å². The number of carbonyl (C=O) groups is 2. The normalized spacial score (nSPS) is 12.2. The fourth-order valence-electron chi connectivity index (χ4n) is 11.8. The van der Waals surface area contributed by atoms with Gasteiger partial charge >= 0.3 is 0 Å². The summed E-state index contributed by atoms with van der Waals surface area (Å²) in [4.78, 5) is 29.8. The number of ether oxygens (including phenoxy) is 4. The number of nitrogens with one attached hydrogen (secondary N) is 2. The first kappa shape index (κ1) is 64.8. The van der Waals surface area contributed by atoms with Crippen LogP contribution in [0.3, 0.4) is 0 Å². The van der Waals surface area contributed by atoms with Crippen molar-refractivity contribution >= 4 is 58.7 Å². The average Bonchev–Trinajstić information content (AvgIpc) is 2.75. The van der Waals surface area contributed by atoms with Crippen LogP contribution in [0.25, 0.3) is 0 Å². The van der Waals surface area contributed by atoms with Gasteiger partial charge in [-0.2, -0.15) is 0 Å². The maximum absolute atomic E-state index is 15.5. The first-order valence-corrected chi connectivity index (χ1v) is 35.9. The molecule has 460 valence electrons. The van der Waals surface area contributed by atoms with Crippen LogP contribution in [0, 0.1) is 0 Å². The van der Waals surface area contributed by atoms with E-state index >= 15 is 9.13 Å². The van der Waals surface area contributed by atoms with Crippen molar-refractivity contribution in [3.05, 3.63) is 226 Å². The van der Waals surface area contributed by atoms with E-state index in [1.165, 1.54) is 0 Å². The van der Waals surface area contributed by atoms with Crippen LogP contribution in [-0.2, 0) is 44.4 Å². The molecule has 88 heavy (non-hydrogen) atoms. The molecule has 8 aromatic carbocycles. The van der Waals surface area contributed by atoms with Gasteiger partial charge in [-0.15, -0.1) is 0 Å². The number of para-hydroxylation sites is 2. The van der Waals surface area contributed by atoms with E-state index in [1.54, 1.807) is 0 Å². The fraction of sp³-hybridized carbons (Fsp3) is 0.342. The van der Waals surface area contributed by atoms with Crippen LogP contribution in [0.15, 0.2) is 182 Å². The largest absolute Gasteiger partial charge is 0.493 e. The third-order valence-electron chi connectivity index (χ3n) is 16.3. The number of carbonyl (C=O) groups excluding carboxylic acids is 2. The molecule has 0 atom stereocenters. The molecule has 9 rings (SSSR count). The molecule has 8 aromatic rings. The van der Waals surface area contributed by atoms with E-state index < -0.39 is 26.1 Å². The van der Waals surface area contributed by atoms with Gasteiger partial charge in [0.2, 0.25) is 11.8 Å². The van der Waals surface area contributed by atoms with Crippen LogP contribution in [-0.4, -0.2) is 50.6 Å². The Morgan fingerprint density at radius 1 is 0.330 bits per heavy atom. The van der Waals surface area contributed by atoms with Crippen molar-refractivity contribution in [2.24, 2.45) is 0 Å². The first-order chi connectivity index (χ1) is 43.0. The highest BCUT2D eigenvalue weighted by Crippen LogP contribution is 2.46. The molecular formula is C76H88N2O8P2. The molecule has 0 fully saturated rings. The van der Waals surface area contributed by atoms with Gasteiger partial charge in [0.05, 0.1) is 38.8 Å². The van der Waals surface area contributed by atoms with Crippen LogP contribution in [0.4, 0.5) is 11.4 Å². The third kappa shape index (κ3) is 16.9. The maximum atomic E-state index is 15.5. The van der Waals surface area contributed by atoms with Gasteiger partial charge in [-0.1, -0.05) is 237 Å². The minimum atomic E-state index is -3.47. The van der Waals surface area contributed by atoms with E-state index in [-0.39, 0.29) is 18.7 Å². The predicted molar refractivity (Wildman–Crippen MR) is 364 cm³/mol. The monoisotopic (exact) mass is 1220 g/mol. The van der Waals surface area contributed by atoms with E-state index in [0.29, 0.717) is 89.8 Å². The molecule has 0 aliphatic heterocycles. The van der Waals surface area contributed by atoms with E-state index in [4.69, 9.17) is 18.9 Å². The number of amides is 2. The Morgan fingerprint density at radius 2 is 0.568 bits per heavy atom.